The highest BCUT2D eigenvalue weighted by molar-refractivity contribution is 9.10. The minimum absolute atomic E-state index is 0.0579. The SMILES string of the molecule is COC(=O)c1nc(F)ccc1Br. The molecule has 0 saturated heterocycles. The van der Waals surface area contributed by atoms with Crippen LogP contribution in [0.3, 0.4) is 0 Å². The lowest BCUT2D eigenvalue weighted by Crippen LogP contribution is -2.06. The summed E-state index contributed by atoms with van der Waals surface area (Å²) in [6.07, 6.45) is 0. The van der Waals surface area contributed by atoms with Gasteiger partial charge in [-0.15, -0.1) is 0 Å². The van der Waals surface area contributed by atoms with Gasteiger partial charge in [-0.05, 0) is 28.1 Å². The summed E-state index contributed by atoms with van der Waals surface area (Å²) < 4.78 is 17.3. The Morgan fingerprint density at radius 1 is 1.67 bits per heavy atom. The van der Waals surface area contributed by atoms with Gasteiger partial charge in [0.2, 0.25) is 5.95 Å². The first-order chi connectivity index (χ1) is 5.65. The molecule has 0 spiro atoms. The summed E-state index contributed by atoms with van der Waals surface area (Å²) in [5, 5.41) is 0. The highest BCUT2D eigenvalue weighted by Gasteiger charge is 2.12. The predicted molar refractivity (Wildman–Crippen MR) is 43.2 cm³/mol. The van der Waals surface area contributed by atoms with E-state index in [2.05, 4.69) is 25.7 Å². The molecule has 1 aromatic rings. The number of carbonyl (C=O) groups is 1. The van der Waals surface area contributed by atoms with E-state index in [-0.39, 0.29) is 5.69 Å². The smallest absolute Gasteiger partial charge is 0.357 e. The van der Waals surface area contributed by atoms with E-state index in [4.69, 9.17) is 0 Å². The molecular weight excluding hydrogens is 229 g/mol. The molecule has 64 valence electrons. The zero-order valence-electron chi connectivity index (χ0n) is 6.17. The summed E-state index contributed by atoms with van der Waals surface area (Å²) >= 11 is 3.04. The third kappa shape index (κ3) is 1.79. The van der Waals surface area contributed by atoms with Gasteiger partial charge >= 0.3 is 5.97 Å². The van der Waals surface area contributed by atoms with Crippen molar-refractivity contribution in [2.75, 3.05) is 7.11 Å². The molecule has 0 aliphatic rings. The summed E-state index contributed by atoms with van der Waals surface area (Å²) in [7, 11) is 1.21. The van der Waals surface area contributed by atoms with Crippen LogP contribution in [0.2, 0.25) is 0 Å². The van der Waals surface area contributed by atoms with Crippen LogP contribution in [-0.2, 0) is 4.74 Å². The van der Waals surface area contributed by atoms with E-state index in [0.717, 1.165) is 6.07 Å². The van der Waals surface area contributed by atoms with E-state index in [1.165, 1.54) is 13.2 Å². The maximum atomic E-state index is 12.5. The molecule has 0 fully saturated rings. The Balaban J connectivity index is 3.13. The predicted octanol–water partition coefficient (Wildman–Crippen LogP) is 1.77. The number of ether oxygens (including phenoxy) is 1. The summed E-state index contributed by atoms with van der Waals surface area (Å²) in [6.45, 7) is 0. The Morgan fingerprint density at radius 3 is 2.92 bits per heavy atom. The molecule has 0 radical (unpaired) electrons. The number of hydrogen-bond acceptors (Lipinski definition) is 3. The van der Waals surface area contributed by atoms with Crippen LogP contribution in [0, 0.1) is 5.95 Å². The van der Waals surface area contributed by atoms with E-state index in [0.29, 0.717) is 4.47 Å². The highest BCUT2D eigenvalue weighted by atomic mass is 79.9. The number of esters is 1. The van der Waals surface area contributed by atoms with Crippen molar-refractivity contribution in [3.05, 3.63) is 28.2 Å². The average molecular weight is 234 g/mol. The molecule has 0 atom stereocenters. The summed E-state index contributed by atoms with van der Waals surface area (Å²) in [4.78, 5) is 14.3. The van der Waals surface area contributed by atoms with Crippen LogP contribution in [0.1, 0.15) is 10.5 Å². The summed E-state index contributed by atoms with van der Waals surface area (Å²) in [5.74, 6) is -1.38. The lowest BCUT2D eigenvalue weighted by Gasteiger charge is -1.99. The third-order valence-corrected chi connectivity index (χ3v) is 1.83. The fourth-order valence-electron chi connectivity index (χ4n) is 0.658. The molecule has 5 heteroatoms. The summed E-state index contributed by atoms with van der Waals surface area (Å²) in [5.41, 5.74) is -0.0579. The molecule has 3 nitrogen and oxygen atoms in total. The van der Waals surface area contributed by atoms with Crippen LogP contribution in [-0.4, -0.2) is 18.1 Å². The molecule has 0 bridgehead atoms. The molecule has 1 heterocycles. The second kappa shape index (κ2) is 3.62. The van der Waals surface area contributed by atoms with Crippen LogP contribution < -0.4 is 0 Å². The van der Waals surface area contributed by atoms with Crippen molar-refractivity contribution >= 4 is 21.9 Å². The fraction of sp³-hybridized carbons (Fsp3) is 0.143. The minimum Gasteiger partial charge on any atom is -0.464 e. The zero-order chi connectivity index (χ0) is 9.14. The first-order valence-corrected chi connectivity index (χ1v) is 3.85. The second-order valence-electron chi connectivity index (χ2n) is 1.96. The van der Waals surface area contributed by atoms with Crippen molar-refractivity contribution in [2.24, 2.45) is 0 Å². The van der Waals surface area contributed by atoms with E-state index >= 15 is 0 Å². The average Bonchev–Trinajstić information content (AvgIpc) is 2.08. The Bertz CT molecular complexity index is 316. The molecule has 0 saturated carbocycles. The molecule has 1 rings (SSSR count). The molecular formula is C7H5BrFNO2. The molecule has 12 heavy (non-hydrogen) atoms. The van der Waals surface area contributed by atoms with Gasteiger partial charge in [0.15, 0.2) is 5.69 Å². The third-order valence-electron chi connectivity index (χ3n) is 1.19. The first kappa shape index (κ1) is 9.12. The van der Waals surface area contributed by atoms with Crippen molar-refractivity contribution in [2.45, 2.75) is 0 Å². The molecule has 1 aromatic heterocycles. The van der Waals surface area contributed by atoms with Crippen LogP contribution in [0.5, 0.6) is 0 Å². The number of pyridine rings is 1. The van der Waals surface area contributed by atoms with Crippen molar-refractivity contribution in [1.82, 2.24) is 4.98 Å². The standard InChI is InChI=1S/C7H5BrFNO2/c1-12-7(11)6-4(8)2-3-5(9)10-6/h2-3H,1H3. The van der Waals surface area contributed by atoms with Crippen molar-refractivity contribution in [3.8, 4) is 0 Å². The van der Waals surface area contributed by atoms with Gasteiger partial charge in [-0.25, -0.2) is 9.78 Å². The Kier molecular flexibility index (Phi) is 2.75. The van der Waals surface area contributed by atoms with Gasteiger partial charge < -0.3 is 4.74 Å². The maximum absolute atomic E-state index is 12.5. The normalized spacial score (nSPS) is 9.58. The summed E-state index contributed by atoms with van der Waals surface area (Å²) in [6, 6.07) is 2.55. The van der Waals surface area contributed by atoms with Crippen molar-refractivity contribution < 1.29 is 13.9 Å². The van der Waals surface area contributed by atoms with Crippen molar-refractivity contribution in [1.29, 1.82) is 0 Å². The monoisotopic (exact) mass is 233 g/mol. The number of nitrogens with zero attached hydrogens (tertiary/aromatic N) is 1. The zero-order valence-corrected chi connectivity index (χ0v) is 7.76. The van der Waals surface area contributed by atoms with Gasteiger partial charge in [-0.2, -0.15) is 4.39 Å². The van der Waals surface area contributed by atoms with Gasteiger partial charge in [-0.1, -0.05) is 0 Å². The Hall–Kier alpha value is -0.970. The molecule has 0 N–H and O–H groups in total. The highest BCUT2D eigenvalue weighted by Crippen LogP contribution is 2.15. The molecule has 0 aromatic carbocycles. The van der Waals surface area contributed by atoms with Crippen LogP contribution >= 0.6 is 15.9 Å². The number of aromatic nitrogens is 1. The van der Waals surface area contributed by atoms with Crippen LogP contribution in [0.4, 0.5) is 4.39 Å². The largest absolute Gasteiger partial charge is 0.464 e. The number of methoxy groups -OCH3 is 1. The minimum atomic E-state index is -0.710. The van der Waals surface area contributed by atoms with Crippen LogP contribution in [0.25, 0.3) is 0 Å². The molecule has 0 aliphatic carbocycles. The molecule has 0 unspecified atom stereocenters. The Labute approximate surface area is 76.7 Å². The number of halogens is 2. The topological polar surface area (TPSA) is 39.2 Å². The first-order valence-electron chi connectivity index (χ1n) is 3.05. The lowest BCUT2D eigenvalue weighted by atomic mass is 10.3. The van der Waals surface area contributed by atoms with Gasteiger partial charge in [-0.3, -0.25) is 0 Å². The van der Waals surface area contributed by atoms with Gasteiger partial charge in [0.25, 0.3) is 0 Å². The second-order valence-corrected chi connectivity index (χ2v) is 2.81. The molecule has 0 aliphatic heterocycles. The van der Waals surface area contributed by atoms with Gasteiger partial charge in [0, 0.05) is 0 Å². The number of rotatable bonds is 1. The van der Waals surface area contributed by atoms with Gasteiger partial charge in [0.05, 0.1) is 11.6 Å². The Morgan fingerprint density at radius 2 is 2.33 bits per heavy atom. The lowest BCUT2D eigenvalue weighted by molar-refractivity contribution is 0.0591. The van der Waals surface area contributed by atoms with Gasteiger partial charge in [0.1, 0.15) is 0 Å². The molecule has 0 amide bonds. The maximum Gasteiger partial charge on any atom is 0.357 e. The van der Waals surface area contributed by atoms with E-state index < -0.39 is 11.9 Å². The van der Waals surface area contributed by atoms with Crippen molar-refractivity contribution in [3.63, 3.8) is 0 Å². The quantitative estimate of drug-likeness (QED) is 0.549. The number of carbonyl (C=O) groups excluding carboxylic acids is 1. The van der Waals surface area contributed by atoms with E-state index in [1.807, 2.05) is 0 Å². The number of hydrogen-bond donors (Lipinski definition) is 0. The van der Waals surface area contributed by atoms with E-state index in [9.17, 15) is 9.18 Å². The van der Waals surface area contributed by atoms with E-state index in [1.54, 1.807) is 0 Å². The fourth-order valence-corrected chi connectivity index (χ4v) is 1.04. The van der Waals surface area contributed by atoms with Crippen LogP contribution in [0.15, 0.2) is 16.6 Å².